The summed E-state index contributed by atoms with van der Waals surface area (Å²) in [6.45, 7) is 1.06. The maximum Gasteiger partial charge on any atom is 0.345 e. The standard InChI is InChI=1S/C9H11NO4S2/c11-9(12)8-5-7(6-15-8)16(13,14)10-3-1-2-4-10/h5-6H,1-4H2,(H,11,12). The molecule has 1 aromatic heterocycles. The normalized spacial score (nSPS) is 17.8. The first-order valence-corrected chi connectivity index (χ1v) is 7.16. The molecule has 1 aliphatic rings. The maximum absolute atomic E-state index is 12.0. The van der Waals surface area contributed by atoms with Crippen molar-refractivity contribution in [3.8, 4) is 0 Å². The van der Waals surface area contributed by atoms with Gasteiger partial charge in [-0.2, -0.15) is 4.31 Å². The van der Waals surface area contributed by atoms with Crippen LogP contribution >= 0.6 is 11.3 Å². The van der Waals surface area contributed by atoms with Gasteiger partial charge in [0.15, 0.2) is 0 Å². The first kappa shape index (κ1) is 11.6. The van der Waals surface area contributed by atoms with E-state index in [1.54, 1.807) is 0 Å². The SMILES string of the molecule is O=C(O)c1cc(S(=O)(=O)N2CCCC2)cs1. The molecule has 0 aliphatic carbocycles. The van der Waals surface area contributed by atoms with Crippen LogP contribution < -0.4 is 0 Å². The number of hydrogen-bond acceptors (Lipinski definition) is 4. The number of nitrogens with zero attached hydrogens (tertiary/aromatic N) is 1. The van der Waals surface area contributed by atoms with Gasteiger partial charge >= 0.3 is 5.97 Å². The van der Waals surface area contributed by atoms with Gasteiger partial charge in [0.2, 0.25) is 10.0 Å². The summed E-state index contributed by atoms with van der Waals surface area (Å²) >= 11 is 0.938. The molecule has 0 amide bonds. The average Bonchev–Trinajstić information content (AvgIpc) is 2.90. The Balaban J connectivity index is 2.31. The Morgan fingerprint density at radius 1 is 1.38 bits per heavy atom. The number of hydrogen-bond donors (Lipinski definition) is 1. The van der Waals surface area contributed by atoms with E-state index in [2.05, 4.69) is 0 Å². The predicted octanol–water partition coefficient (Wildman–Crippen LogP) is 1.23. The second kappa shape index (κ2) is 4.15. The van der Waals surface area contributed by atoms with Gasteiger partial charge in [0.25, 0.3) is 0 Å². The monoisotopic (exact) mass is 261 g/mol. The molecule has 1 aromatic rings. The lowest BCUT2D eigenvalue weighted by molar-refractivity contribution is 0.0702. The Morgan fingerprint density at radius 2 is 2.00 bits per heavy atom. The van der Waals surface area contributed by atoms with Crippen molar-refractivity contribution in [2.24, 2.45) is 0 Å². The van der Waals surface area contributed by atoms with Gasteiger partial charge in [-0.25, -0.2) is 13.2 Å². The second-order valence-electron chi connectivity index (χ2n) is 3.56. The van der Waals surface area contributed by atoms with Crippen LogP contribution in [0.3, 0.4) is 0 Å². The van der Waals surface area contributed by atoms with Crippen LogP contribution in [0.25, 0.3) is 0 Å². The number of sulfonamides is 1. The first-order valence-electron chi connectivity index (χ1n) is 4.84. The number of rotatable bonds is 3. The maximum atomic E-state index is 12.0. The van der Waals surface area contributed by atoms with Gasteiger partial charge in [-0.1, -0.05) is 0 Å². The van der Waals surface area contributed by atoms with Gasteiger partial charge in [0.05, 0.1) is 4.90 Å². The summed E-state index contributed by atoms with van der Waals surface area (Å²) in [5.41, 5.74) is 0. The Bertz CT molecular complexity index is 499. The molecule has 0 spiro atoms. The van der Waals surface area contributed by atoms with Crippen molar-refractivity contribution < 1.29 is 18.3 Å². The summed E-state index contributed by atoms with van der Waals surface area (Å²) in [6, 6.07) is 1.22. The van der Waals surface area contributed by atoms with Crippen molar-refractivity contribution >= 4 is 27.3 Å². The van der Waals surface area contributed by atoms with Crippen LogP contribution in [0.1, 0.15) is 22.5 Å². The van der Waals surface area contributed by atoms with Gasteiger partial charge in [0.1, 0.15) is 4.88 Å². The van der Waals surface area contributed by atoms with Crippen molar-refractivity contribution in [2.75, 3.05) is 13.1 Å². The Hall–Kier alpha value is -0.920. The lowest BCUT2D eigenvalue weighted by Crippen LogP contribution is -2.27. The average molecular weight is 261 g/mol. The highest BCUT2D eigenvalue weighted by molar-refractivity contribution is 7.89. The molecule has 1 aliphatic heterocycles. The zero-order valence-corrected chi connectivity index (χ0v) is 10.1. The Morgan fingerprint density at radius 3 is 2.50 bits per heavy atom. The predicted molar refractivity (Wildman–Crippen MR) is 59.3 cm³/mol. The second-order valence-corrected chi connectivity index (χ2v) is 6.41. The van der Waals surface area contributed by atoms with Gasteiger partial charge in [-0.05, 0) is 18.9 Å². The molecule has 0 unspecified atom stereocenters. The van der Waals surface area contributed by atoms with E-state index in [0.717, 1.165) is 24.2 Å². The van der Waals surface area contributed by atoms with E-state index in [-0.39, 0.29) is 9.77 Å². The molecule has 1 saturated heterocycles. The van der Waals surface area contributed by atoms with Crippen LogP contribution in [-0.2, 0) is 10.0 Å². The highest BCUT2D eigenvalue weighted by Crippen LogP contribution is 2.25. The van der Waals surface area contributed by atoms with Crippen LogP contribution in [-0.4, -0.2) is 36.9 Å². The Labute approximate surface area is 97.4 Å². The highest BCUT2D eigenvalue weighted by atomic mass is 32.2. The third kappa shape index (κ3) is 1.98. The molecule has 5 nitrogen and oxygen atoms in total. The third-order valence-corrected chi connectivity index (χ3v) is 5.43. The summed E-state index contributed by atoms with van der Waals surface area (Å²) in [7, 11) is -3.47. The Kier molecular flexibility index (Phi) is 3.00. The third-order valence-electron chi connectivity index (χ3n) is 2.49. The van der Waals surface area contributed by atoms with Crippen LogP contribution in [0.15, 0.2) is 16.3 Å². The van der Waals surface area contributed by atoms with E-state index < -0.39 is 16.0 Å². The first-order chi connectivity index (χ1) is 7.51. The van der Waals surface area contributed by atoms with Gasteiger partial charge in [-0.15, -0.1) is 11.3 Å². The number of aromatic carboxylic acids is 1. The molecule has 0 saturated carbocycles. The molecule has 0 radical (unpaired) electrons. The molecular weight excluding hydrogens is 250 g/mol. The fraction of sp³-hybridized carbons (Fsp3) is 0.444. The van der Waals surface area contributed by atoms with E-state index in [4.69, 9.17) is 5.11 Å². The molecule has 0 aromatic carbocycles. The van der Waals surface area contributed by atoms with Crippen molar-refractivity contribution in [3.05, 3.63) is 16.3 Å². The summed E-state index contributed by atoms with van der Waals surface area (Å²) < 4.78 is 25.4. The minimum atomic E-state index is -3.47. The molecule has 2 heterocycles. The summed E-state index contributed by atoms with van der Waals surface area (Å²) in [5, 5.41) is 10.1. The minimum Gasteiger partial charge on any atom is -0.477 e. The molecule has 0 atom stereocenters. The number of carbonyl (C=O) groups is 1. The molecule has 7 heteroatoms. The molecular formula is C9H11NO4S2. The molecule has 0 bridgehead atoms. The van der Waals surface area contributed by atoms with Crippen LogP contribution in [0, 0.1) is 0 Å². The topological polar surface area (TPSA) is 74.7 Å². The number of carboxylic acid groups (broad SMARTS) is 1. The van der Waals surface area contributed by atoms with E-state index in [1.807, 2.05) is 0 Å². The molecule has 88 valence electrons. The molecule has 2 rings (SSSR count). The summed E-state index contributed by atoms with van der Waals surface area (Å²) in [6.07, 6.45) is 1.74. The summed E-state index contributed by atoms with van der Waals surface area (Å²) in [5.74, 6) is -1.09. The molecule has 1 fully saturated rings. The van der Waals surface area contributed by atoms with Crippen LogP contribution in [0.5, 0.6) is 0 Å². The van der Waals surface area contributed by atoms with E-state index in [0.29, 0.717) is 13.1 Å². The van der Waals surface area contributed by atoms with E-state index >= 15 is 0 Å². The fourth-order valence-corrected chi connectivity index (χ4v) is 4.26. The van der Waals surface area contributed by atoms with Gasteiger partial charge in [0, 0.05) is 18.5 Å². The van der Waals surface area contributed by atoms with E-state index in [1.165, 1.54) is 15.8 Å². The smallest absolute Gasteiger partial charge is 0.345 e. The fourth-order valence-electron chi connectivity index (χ4n) is 1.64. The minimum absolute atomic E-state index is 0.0535. The number of thiophene rings is 1. The molecule has 1 N–H and O–H groups in total. The van der Waals surface area contributed by atoms with Gasteiger partial charge < -0.3 is 5.11 Å². The largest absolute Gasteiger partial charge is 0.477 e. The van der Waals surface area contributed by atoms with Crippen molar-refractivity contribution in [1.29, 1.82) is 0 Å². The zero-order valence-electron chi connectivity index (χ0n) is 8.42. The van der Waals surface area contributed by atoms with Crippen molar-refractivity contribution in [2.45, 2.75) is 17.7 Å². The molecule has 16 heavy (non-hydrogen) atoms. The number of carboxylic acids is 1. The van der Waals surface area contributed by atoms with Crippen LogP contribution in [0.4, 0.5) is 0 Å². The quantitative estimate of drug-likeness (QED) is 0.888. The van der Waals surface area contributed by atoms with Gasteiger partial charge in [-0.3, -0.25) is 0 Å². The van der Waals surface area contributed by atoms with E-state index in [9.17, 15) is 13.2 Å². The summed E-state index contributed by atoms with van der Waals surface area (Å²) in [4.78, 5) is 10.8. The van der Waals surface area contributed by atoms with Crippen LogP contribution in [0.2, 0.25) is 0 Å². The lowest BCUT2D eigenvalue weighted by Gasteiger charge is -2.13. The lowest BCUT2D eigenvalue weighted by atomic mass is 10.4. The van der Waals surface area contributed by atoms with Crippen molar-refractivity contribution in [1.82, 2.24) is 4.31 Å². The zero-order chi connectivity index (χ0) is 11.8. The highest BCUT2D eigenvalue weighted by Gasteiger charge is 2.28. The van der Waals surface area contributed by atoms with Crippen molar-refractivity contribution in [3.63, 3.8) is 0 Å².